The molecule has 0 saturated heterocycles. The molecular formula is C22H25BN2O3. The molecule has 0 unspecified atom stereocenters. The molecular weight excluding hydrogens is 351 g/mol. The minimum atomic E-state index is -0.759. The minimum absolute atomic E-state index is 0.214. The van der Waals surface area contributed by atoms with Crippen LogP contribution in [0.4, 0.5) is 0 Å². The van der Waals surface area contributed by atoms with E-state index in [4.69, 9.17) is 9.47 Å². The lowest BCUT2D eigenvalue weighted by Crippen LogP contribution is -2.42. The fourth-order valence-corrected chi connectivity index (χ4v) is 3.34. The van der Waals surface area contributed by atoms with Gasteiger partial charge in [0.1, 0.15) is 13.2 Å². The molecule has 0 fully saturated rings. The van der Waals surface area contributed by atoms with Crippen LogP contribution in [0.25, 0.3) is 0 Å². The Morgan fingerprint density at radius 2 is 1.21 bits per heavy atom. The van der Waals surface area contributed by atoms with Crippen molar-refractivity contribution < 1.29 is 14.5 Å². The van der Waals surface area contributed by atoms with Crippen LogP contribution in [0.1, 0.15) is 38.8 Å². The van der Waals surface area contributed by atoms with E-state index < -0.39 is 6.92 Å². The van der Waals surface area contributed by atoms with Gasteiger partial charge in [-0.3, -0.25) is 0 Å². The molecule has 2 aromatic rings. The summed E-state index contributed by atoms with van der Waals surface area (Å²) in [6, 6.07) is 15.4. The molecule has 1 N–H and O–H groups in total. The lowest BCUT2D eigenvalue weighted by molar-refractivity contribution is 0.279. The van der Waals surface area contributed by atoms with Crippen molar-refractivity contribution in [1.29, 1.82) is 0 Å². The Balaban J connectivity index is 1.61. The zero-order valence-electron chi connectivity index (χ0n) is 16.8. The van der Waals surface area contributed by atoms with Crippen molar-refractivity contribution in [1.82, 2.24) is 0 Å². The molecule has 144 valence electrons. The molecule has 6 heteroatoms. The van der Waals surface area contributed by atoms with Gasteiger partial charge in [0, 0.05) is 11.1 Å². The van der Waals surface area contributed by atoms with Crippen LogP contribution >= 0.6 is 0 Å². The Hall–Kier alpha value is -2.60. The van der Waals surface area contributed by atoms with Crippen LogP contribution in [0.3, 0.4) is 0 Å². The molecule has 0 saturated carbocycles. The SMILES string of the molecule is CC1(C)COC(c2cccc(B(O)c3cccc(C4=NC(C)(C)CO4)c3)c2)=N1. The summed E-state index contributed by atoms with van der Waals surface area (Å²) >= 11 is 0. The van der Waals surface area contributed by atoms with Gasteiger partial charge in [0.2, 0.25) is 11.8 Å². The first-order chi connectivity index (χ1) is 13.2. The molecule has 28 heavy (non-hydrogen) atoms. The highest BCUT2D eigenvalue weighted by molar-refractivity contribution is 6.79. The maximum atomic E-state index is 11.0. The maximum Gasteiger partial charge on any atom is 0.358 e. The monoisotopic (exact) mass is 376 g/mol. The fourth-order valence-electron chi connectivity index (χ4n) is 3.34. The average molecular weight is 376 g/mol. The summed E-state index contributed by atoms with van der Waals surface area (Å²) in [6.45, 7) is 8.53. The van der Waals surface area contributed by atoms with E-state index in [1.54, 1.807) is 0 Å². The summed E-state index contributed by atoms with van der Waals surface area (Å²) in [7, 11) is 0. The van der Waals surface area contributed by atoms with Gasteiger partial charge in [-0.25, -0.2) is 9.98 Å². The molecule has 0 bridgehead atoms. The van der Waals surface area contributed by atoms with Crippen molar-refractivity contribution in [2.75, 3.05) is 13.2 Å². The molecule has 2 aromatic carbocycles. The predicted octanol–water partition coefficient (Wildman–Crippen LogP) is 1.90. The van der Waals surface area contributed by atoms with Crippen molar-refractivity contribution in [2.45, 2.75) is 38.8 Å². The van der Waals surface area contributed by atoms with Gasteiger partial charge in [-0.05, 0) is 50.8 Å². The molecule has 4 rings (SSSR count). The quantitative estimate of drug-likeness (QED) is 0.830. The predicted molar refractivity (Wildman–Crippen MR) is 113 cm³/mol. The summed E-state index contributed by atoms with van der Waals surface area (Å²) in [5, 5.41) is 11.0. The first kappa shape index (κ1) is 18.8. The van der Waals surface area contributed by atoms with Crippen molar-refractivity contribution >= 4 is 29.6 Å². The highest BCUT2D eigenvalue weighted by Gasteiger charge is 2.29. The summed E-state index contributed by atoms with van der Waals surface area (Å²) in [5.41, 5.74) is 2.91. The Morgan fingerprint density at radius 3 is 1.57 bits per heavy atom. The Bertz CT molecular complexity index is 888. The molecule has 2 aliphatic heterocycles. The highest BCUT2D eigenvalue weighted by Crippen LogP contribution is 2.21. The van der Waals surface area contributed by atoms with E-state index in [-0.39, 0.29) is 11.1 Å². The van der Waals surface area contributed by atoms with Gasteiger partial charge in [0.15, 0.2) is 0 Å². The van der Waals surface area contributed by atoms with Gasteiger partial charge in [-0.1, -0.05) is 36.4 Å². The topological polar surface area (TPSA) is 63.4 Å². The lowest BCUT2D eigenvalue weighted by Gasteiger charge is -2.11. The van der Waals surface area contributed by atoms with Crippen LogP contribution in [-0.4, -0.2) is 48.0 Å². The lowest BCUT2D eigenvalue weighted by atomic mass is 9.55. The average Bonchev–Trinajstić information content (AvgIpc) is 3.22. The standard InChI is InChI=1S/C22H25BN2O3/c1-21(2)13-27-19(24-21)15-7-5-9-17(11-15)23(26)18-10-6-8-16(12-18)20-25-22(3,4)14-28-20/h5-12,26H,13-14H2,1-4H3. The number of hydrogen-bond donors (Lipinski definition) is 1. The molecule has 0 spiro atoms. The minimum Gasteiger partial charge on any atom is -0.475 e. The van der Waals surface area contributed by atoms with Crippen molar-refractivity contribution in [3.8, 4) is 0 Å². The second-order valence-electron chi connectivity index (χ2n) is 8.69. The summed E-state index contributed by atoms with van der Waals surface area (Å²) in [6.07, 6.45) is 0. The number of aliphatic imine (C=N–C) groups is 2. The van der Waals surface area contributed by atoms with Crippen LogP contribution in [0.15, 0.2) is 58.5 Å². The molecule has 0 atom stereocenters. The van der Waals surface area contributed by atoms with Gasteiger partial charge < -0.3 is 14.5 Å². The third kappa shape index (κ3) is 3.83. The number of rotatable bonds is 4. The summed E-state index contributed by atoms with van der Waals surface area (Å²) < 4.78 is 11.5. The van der Waals surface area contributed by atoms with Crippen LogP contribution < -0.4 is 10.9 Å². The van der Waals surface area contributed by atoms with E-state index in [1.165, 1.54) is 0 Å². The molecule has 0 aromatic heterocycles. The second-order valence-corrected chi connectivity index (χ2v) is 8.69. The van der Waals surface area contributed by atoms with Gasteiger partial charge >= 0.3 is 6.92 Å². The van der Waals surface area contributed by atoms with E-state index in [1.807, 2.05) is 76.2 Å². The van der Waals surface area contributed by atoms with Gasteiger partial charge in [0.05, 0.1) is 11.1 Å². The van der Waals surface area contributed by atoms with E-state index in [0.717, 1.165) is 22.1 Å². The normalized spacial score (nSPS) is 19.5. The number of hydrogen-bond acceptors (Lipinski definition) is 5. The summed E-state index contributed by atoms with van der Waals surface area (Å²) in [5.74, 6) is 1.26. The zero-order valence-corrected chi connectivity index (χ0v) is 16.8. The van der Waals surface area contributed by atoms with Crippen LogP contribution in [-0.2, 0) is 9.47 Å². The van der Waals surface area contributed by atoms with E-state index >= 15 is 0 Å². The van der Waals surface area contributed by atoms with Crippen molar-refractivity contribution in [3.05, 3.63) is 59.7 Å². The number of ether oxygens (including phenoxy) is 2. The van der Waals surface area contributed by atoms with Gasteiger partial charge in [-0.15, -0.1) is 0 Å². The second kappa shape index (κ2) is 6.78. The fraction of sp³-hybridized carbons (Fsp3) is 0.364. The first-order valence-corrected chi connectivity index (χ1v) is 9.57. The van der Waals surface area contributed by atoms with Crippen molar-refractivity contribution in [2.24, 2.45) is 9.98 Å². The largest absolute Gasteiger partial charge is 0.475 e. The highest BCUT2D eigenvalue weighted by atomic mass is 16.5. The van der Waals surface area contributed by atoms with Crippen LogP contribution in [0, 0.1) is 0 Å². The molecule has 5 nitrogen and oxygen atoms in total. The van der Waals surface area contributed by atoms with E-state index in [9.17, 15) is 5.02 Å². The number of benzene rings is 2. The molecule has 0 amide bonds. The third-order valence-electron chi connectivity index (χ3n) is 4.83. The van der Waals surface area contributed by atoms with Crippen molar-refractivity contribution in [3.63, 3.8) is 0 Å². The Labute approximate surface area is 166 Å². The molecule has 2 heterocycles. The third-order valence-corrected chi connectivity index (χ3v) is 4.83. The van der Waals surface area contributed by atoms with E-state index in [2.05, 4.69) is 9.98 Å². The van der Waals surface area contributed by atoms with E-state index in [0.29, 0.717) is 25.0 Å². The first-order valence-electron chi connectivity index (χ1n) is 9.57. The van der Waals surface area contributed by atoms with Gasteiger partial charge in [0.25, 0.3) is 0 Å². The molecule has 0 radical (unpaired) electrons. The molecule has 2 aliphatic rings. The smallest absolute Gasteiger partial charge is 0.358 e. The Kier molecular flexibility index (Phi) is 4.54. The molecule has 0 aliphatic carbocycles. The zero-order chi connectivity index (χ0) is 19.9. The van der Waals surface area contributed by atoms with Gasteiger partial charge in [-0.2, -0.15) is 0 Å². The number of nitrogens with zero attached hydrogens (tertiary/aromatic N) is 2. The summed E-state index contributed by atoms with van der Waals surface area (Å²) in [4.78, 5) is 9.25. The maximum absolute atomic E-state index is 11.0. The van der Waals surface area contributed by atoms with Crippen LogP contribution in [0.5, 0.6) is 0 Å². The van der Waals surface area contributed by atoms with Crippen LogP contribution in [0.2, 0.25) is 0 Å². The Morgan fingerprint density at radius 1 is 0.786 bits per heavy atom.